The first kappa shape index (κ1) is 13.5. The van der Waals surface area contributed by atoms with E-state index in [9.17, 15) is 0 Å². The number of nitrogens with zero attached hydrogens (tertiary/aromatic N) is 6. The van der Waals surface area contributed by atoms with Crippen LogP contribution in [0, 0.1) is 0 Å². The van der Waals surface area contributed by atoms with E-state index in [2.05, 4.69) is 20.2 Å². The monoisotopic (exact) mass is 332 g/mol. The third-order valence-electron chi connectivity index (χ3n) is 3.25. The molecule has 0 atom stereocenters. The Labute approximate surface area is 135 Å². The molecule has 110 valence electrons. The highest BCUT2D eigenvalue weighted by Crippen LogP contribution is 2.12. The van der Waals surface area contributed by atoms with E-state index in [0.29, 0.717) is 22.9 Å². The van der Waals surface area contributed by atoms with Gasteiger partial charge in [-0.1, -0.05) is 23.2 Å². The number of rotatable bonds is 3. The zero-order chi connectivity index (χ0) is 15.1. The molecule has 4 aromatic heterocycles. The third-order valence-corrected chi connectivity index (χ3v) is 3.70. The Morgan fingerprint density at radius 2 is 1.18 bits per heavy atom. The molecule has 8 heteroatoms. The molecule has 0 aliphatic rings. The van der Waals surface area contributed by atoms with Crippen molar-refractivity contribution in [2.45, 2.75) is 12.8 Å². The topological polar surface area (TPSA) is 60.4 Å². The predicted octanol–water partition coefficient (Wildman–Crippen LogP) is 2.86. The molecule has 0 unspecified atom stereocenters. The average molecular weight is 333 g/mol. The molecule has 0 saturated heterocycles. The summed E-state index contributed by atoms with van der Waals surface area (Å²) in [6, 6.07) is 7.26. The lowest BCUT2D eigenvalue weighted by atomic mass is 10.3. The van der Waals surface area contributed by atoms with Gasteiger partial charge in [-0.3, -0.25) is 0 Å². The average Bonchev–Trinajstić information content (AvgIpc) is 3.07. The van der Waals surface area contributed by atoms with Gasteiger partial charge in [-0.25, -0.2) is 19.0 Å². The van der Waals surface area contributed by atoms with E-state index in [0.717, 1.165) is 22.9 Å². The van der Waals surface area contributed by atoms with Crippen molar-refractivity contribution in [1.29, 1.82) is 0 Å². The summed E-state index contributed by atoms with van der Waals surface area (Å²) in [6.07, 6.45) is 4.78. The lowest BCUT2D eigenvalue weighted by Crippen LogP contribution is -1.97. The predicted molar refractivity (Wildman–Crippen MR) is 83.4 cm³/mol. The Kier molecular flexibility index (Phi) is 3.20. The first-order valence-electron chi connectivity index (χ1n) is 6.69. The maximum Gasteiger partial charge on any atom is 0.155 e. The maximum absolute atomic E-state index is 5.94. The van der Waals surface area contributed by atoms with Crippen LogP contribution in [0.5, 0.6) is 0 Å². The summed E-state index contributed by atoms with van der Waals surface area (Å²) < 4.78 is 3.35. The molecular formula is C14H10Cl2N6. The fourth-order valence-corrected chi connectivity index (χ4v) is 2.55. The van der Waals surface area contributed by atoms with Gasteiger partial charge in [0.1, 0.15) is 0 Å². The van der Waals surface area contributed by atoms with E-state index < -0.39 is 0 Å². The van der Waals surface area contributed by atoms with Gasteiger partial charge >= 0.3 is 0 Å². The van der Waals surface area contributed by atoms with Crippen LogP contribution in [0.15, 0.2) is 36.7 Å². The van der Waals surface area contributed by atoms with Crippen molar-refractivity contribution in [3.8, 4) is 0 Å². The first-order chi connectivity index (χ1) is 10.7. The molecule has 0 radical (unpaired) electrons. The maximum atomic E-state index is 5.94. The van der Waals surface area contributed by atoms with Gasteiger partial charge < -0.3 is 0 Å². The van der Waals surface area contributed by atoms with Crippen molar-refractivity contribution in [3.63, 3.8) is 0 Å². The Morgan fingerprint density at radius 1 is 0.727 bits per heavy atom. The molecular weight excluding hydrogens is 323 g/mol. The smallest absolute Gasteiger partial charge is 0.155 e. The largest absolute Gasteiger partial charge is 0.219 e. The van der Waals surface area contributed by atoms with Gasteiger partial charge in [-0.05, 0) is 24.3 Å². The molecule has 0 bridgehead atoms. The minimum Gasteiger partial charge on any atom is -0.219 e. The van der Waals surface area contributed by atoms with Crippen LogP contribution in [-0.4, -0.2) is 29.2 Å². The van der Waals surface area contributed by atoms with Crippen molar-refractivity contribution in [1.82, 2.24) is 29.2 Å². The minimum atomic E-state index is 0.628. The van der Waals surface area contributed by atoms with Crippen LogP contribution < -0.4 is 0 Å². The van der Waals surface area contributed by atoms with E-state index in [-0.39, 0.29) is 0 Å². The van der Waals surface area contributed by atoms with Gasteiger partial charge in [0.05, 0.1) is 10.0 Å². The number of aromatic nitrogens is 6. The number of pyridine rings is 2. The van der Waals surface area contributed by atoms with Gasteiger partial charge in [0, 0.05) is 25.2 Å². The summed E-state index contributed by atoms with van der Waals surface area (Å²) >= 11 is 11.9. The second-order valence-electron chi connectivity index (χ2n) is 4.86. The molecule has 0 aliphatic heterocycles. The summed E-state index contributed by atoms with van der Waals surface area (Å²) in [4.78, 5) is 8.89. The zero-order valence-corrected chi connectivity index (χ0v) is 12.8. The van der Waals surface area contributed by atoms with E-state index in [4.69, 9.17) is 23.2 Å². The Morgan fingerprint density at radius 3 is 1.64 bits per heavy atom. The van der Waals surface area contributed by atoms with E-state index in [1.807, 2.05) is 12.1 Å². The highest BCUT2D eigenvalue weighted by Gasteiger charge is 2.08. The highest BCUT2D eigenvalue weighted by molar-refractivity contribution is 6.30. The molecule has 0 N–H and O–H groups in total. The second-order valence-corrected chi connectivity index (χ2v) is 5.73. The van der Waals surface area contributed by atoms with E-state index in [1.54, 1.807) is 33.6 Å². The van der Waals surface area contributed by atoms with Gasteiger partial charge in [0.25, 0.3) is 0 Å². The molecule has 22 heavy (non-hydrogen) atoms. The van der Waals surface area contributed by atoms with Crippen molar-refractivity contribution in [2.24, 2.45) is 0 Å². The number of halogens is 2. The van der Waals surface area contributed by atoms with Crippen molar-refractivity contribution in [3.05, 3.63) is 58.4 Å². The molecule has 0 fully saturated rings. The first-order valence-corrected chi connectivity index (χ1v) is 7.44. The SMILES string of the molecule is Clc1ccc2nc(CCc3nc4ccc(Cl)cn4n3)nn2c1. The Balaban J connectivity index is 1.56. The molecule has 4 heterocycles. The van der Waals surface area contributed by atoms with E-state index >= 15 is 0 Å². The molecule has 0 saturated carbocycles. The van der Waals surface area contributed by atoms with Crippen molar-refractivity contribution < 1.29 is 0 Å². The number of fused-ring (bicyclic) bond motifs is 2. The highest BCUT2D eigenvalue weighted by atomic mass is 35.5. The molecule has 0 aromatic carbocycles. The summed E-state index contributed by atoms with van der Waals surface area (Å²) in [6.45, 7) is 0. The van der Waals surface area contributed by atoms with Crippen LogP contribution in [-0.2, 0) is 12.8 Å². The fourth-order valence-electron chi connectivity index (χ4n) is 2.24. The van der Waals surface area contributed by atoms with Gasteiger partial charge in [-0.2, -0.15) is 10.2 Å². The molecule has 0 aliphatic carbocycles. The molecule has 4 aromatic rings. The lowest BCUT2D eigenvalue weighted by Gasteiger charge is -1.91. The van der Waals surface area contributed by atoms with Gasteiger partial charge in [0.15, 0.2) is 22.9 Å². The zero-order valence-electron chi connectivity index (χ0n) is 11.3. The molecule has 4 rings (SSSR count). The standard InChI is InChI=1S/C14H10Cl2N6/c15-9-1-5-13-17-11(19-21(13)7-9)3-4-12-18-14-6-2-10(16)8-22(14)20-12/h1-2,5-8H,3-4H2. The summed E-state index contributed by atoms with van der Waals surface area (Å²) in [5.41, 5.74) is 1.54. The van der Waals surface area contributed by atoms with Crippen molar-refractivity contribution in [2.75, 3.05) is 0 Å². The van der Waals surface area contributed by atoms with Crippen LogP contribution in [0.1, 0.15) is 11.6 Å². The lowest BCUT2D eigenvalue weighted by molar-refractivity contribution is 0.788. The van der Waals surface area contributed by atoms with Crippen LogP contribution in [0.4, 0.5) is 0 Å². The quantitative estimate of drug-likeness (QED) is 0.578. The summed E-state index contributed by atoms with van der Waals surface area (Å²) in [5, 5.41) is 10.0. The molecule has 6 nitrogen and oxygen atoms in total. The number of hydrogen-bond acceptors (Lipinski definition) is 4. The molecule has 0 spiro atoms. The third kappa shape index (κ3) is 2.51. The molecule has 0 amide bonds. The van der Waals surface area contributed by atoms with E-state index in [1.165, 1.54) is 0 Å². The minimum absolute atomic E-state index is 0.628. The number of aryl methyl sites for hydroxylation is 2. The van der Waals surface area contributed by atoms with Crippen LogP contribution in [0.2, 0.25) is 10.0 Å². The van der Waals surface area contributed by atoms with Crippen LogP contribution >= 0.6 is 23.2 Å². The van der Waals surface area contributed by atoms with Crippen LogP contribution in [0.25, 0.3) is 11.3 Å². The van der Waals surface area contributed by atoms with Crippen LogP contribution in [0.3, 0.4) is 0 Å². The Bertz CT molecular complexity index is 894. The van der Waals surface area contributed by atoms with Gasteiger partial charge in [0.2, 0.25) is 0 Å². The van der Waals surface area contributed by atoms with Gasteiger partial charge in [-0.15, -0.1) is 0 Å². The normalized spacial score (nSPS) is 11.5. The second kappa shape index (κ2) is 5.23. The summed E-state index contributed by atoms with van der Waals surface area (Å²) in [5.74, 6) is 1.47. The fraction of sp³-hybridized carbons (Fsp3) is 0.143. The number of hydrogen-bond donors (Lipinski definition) is 0. The Hall–Kier alpha value is -2.18. The van der Waals surface area contributed by atoms with Crippen molar-refractivity contribution >= 4 is 34.5 Å². The summed E-state index contributed by atoms with van der Waals surface area (Å²) in [7, 11) is 0.